The molecular formula is C15H18BrFN2O. The molecule has 0 aliphatic rings. The molecule has 0 amide bonds. The molecule has 1 heterocycles. The second-order valence-corrected chi connectivity index (χ2v) is 5.83. The zero-order valence-electron chi connectivity index (χ0n) is 11.9. The first-order valence-corrected chi connectivity index (χ1v) is 7.47. The van der Waals surface area contributed by atoms with Gasteiger partial charge in [0.15, 0.2) is 0 Å². The maximum atomic E-state index is 14.1. The molecule has 0 unspecified atom stereocenters. The minimum Gasteiger partial charge on any atom is -0.494 e. The number of benzene rings is 1. The van der Waals surface area contributed by atoms with Crippen LogP contribution in [0.3, 0.4) is 0 Å². The molecule has 20 heavy (non-hydrogen) atoms. The standard InChI is InChI=1S/C15H18BrFN2O/c1-4-20-12-5-6-13(17)14(9-12)19-11(7-10(2)3)8-15(16)18-19/h5-6,8-10H,4,7H2,1-3H3. The average Bonchev–Trinajstić information content (AvgIpc) is 2.72. The van der Waals surface area contributed by atoms with Crippen molar-refractivity contribution in [3.8, 4) is 11.4 Å². The lowest BCUT2D eigenvalue weighted by molar-refractivity contribution is 0.339. The Kier molecular flexibility index (Phi) is 4.81. The summed E-state index contributed by atoms with van der Waals surface area (Å²) in [6.07, 6.45) is 0.830. The van der Waals surface area contributed by atoms with E-state index in [1.165, 1.54) is 6.07 Å². The van der Waals surface area contributed by atoms with Crippen LogP contribution in [0.15, 0.2) is 28.9 Å². The molecular weight excluding hydrogens is 323 g/mol. The smallest absolute Gasteiger partial charge is 0.149 e. The predicted molar refractivity (Wildman–Crippen MR) is 80.9 cm³/mol. The number of rotatable bonds is 5. The van der Waals surface area contributed by atoms with Gasteiger partial charge in [0.1, 0.15) is 21.9 Å². The highest BCUT2D eigenvalue weighted by Gasteiger charge is 2.14. The second-order valence-electron chi connectivity index (χ2n) is 5.01. The van der Waals surface area contributed by atoms with E-state index in [1.807, 2.05) is 13.0 Å². The molecule has 1 aromatic carbocycles. The third-order valence-corrected chi connectivity index (χ3v) is 3.21. The van der Waals surface area contributed by atoms with Gasteiger partial charge in [0.05, 0.1) is 6.61 Å². The zero-order valence-corrected chi connectivity index (χ0v) is 13.4. The molecule has 0 N–H and O–H groups in total. The Morgan fingerprint density at radius 3 is 2.75 bits per heavy atom. The van der Waals surface area contributed by atoms with Crippen LogP contribution < -0.4 is 4.74 Å². The van der Waals surface area contributed by atoms with E-state index in [-0.39, 0.29) is 5.82 Å². The van der Waals surface area contributed by atoms with Crippen molar-refractivity contribution < 1.29 is 9.13 Å². The van der Waals surface area contributed by atoms with Crippen molar-refractivity contribution in [1.29, 1.82) is 0 Å². The first-order valence-electron chi connectivity index (χ1n) is 6.68. The van der Waals surface area contributed by atoms with Gasteiger partial charge in [0.25, 0.3) is 0 Å². The summed E-state index contributed by atoms with van der Waals surface area (Å²) in [5, 5.41) is 4.33. The summed E-state index contributed by atoms with van der Waals surface area (Å²) in [6.45, 7) is 6.70. The molecule has 2 rings (SSSR count). The van der Waals surface area contributed by atoms with Crippen LogP contribution in [-0.4, -0.2) is 16.4 Å². The lowest BCUT2D eigenvalue weighted by atomic mass is 10.1. The van der Waals surface area contributed by atoms with Gasteiger partial charge in [-0.25, -0.2) is 9.07 Å². The maximum absolute atomic E-state index is 14.1. The van der Waals surface area contributed by atoms with Crippen molar-refractivity contribution in [2.45, 2.75) is 27.2 Å². The molecule has 0 aliphatic heterocycles. The molecule has 1 aromatic heterocycles. The van der Waals surface area contributed by atoms with Crippen LogP contribution in [0.1, 0.15) is 26.5 Å². The summed E-state index contributed by atoms with van der Waals surface area (Å²) in [4.78, 5) is 0. The van der Waals surface area contributed by atoms with Crippen molar-refractivity contribution >= 4 is 15.9 Å². The minimum absolute atomic E-state index is 0.311. The molecule has 0 saturated heterocycles. The normalized spacial score (nSPS) is 11.1. The Bertz CT molecular complexity index is 596. The van der Waals surface area contributed by atoms with Gasteiger partial charge in [-0.15, -0.1) is 0 Å². The maximum Gasteiger partial charge on any atom is 0.149 e. The van der Waals surface area contributed by atoms with E-state index in [4.69, 9.17) is 4.74 Å². The molecule has 5 heteroatoms. The summed E-state index contributed by atoms with van der Waals surface area (Å²) in [6, 6.07) is 6.65. The van der Waals surface area contributed by atoms with E-state index in [9.17, 15) is 4.39 Å². The van der Waals surface area contributed by atoms with Gasteiger partial charge in [-0.1, -0.05) is 13.8 Å². The molecule has 0 bridgehead atoms. The number of aromatic nitrogens is 2. The van der Waals surface area contributed by atoms with Crippen LogP contribution >= 0.6 is 15.9 Å². The monoisotopic (exact) mass is 340 g/mol. The number of ether oxygens (including phenoxy) is 1. The topological polar surface area (TPSA) is 27.1 Å². The fourth-order valence-corrected chi connectivity index (χ4v) is 2.49. The number of nitrogens with zero attached hydrogens (tertiary/aromatic N) is 2. The Morgan fingerprint density at radius 1 is 1.35 bits per heavy atom. The molecule has 0 aliphatic carbocycles. The van der Waals surface area contributed by atoms with Gasteiger partial charge >= 0.3 is 0 Å². The number of hydrogen-bond acceptors (Lipinski definition) is 2. The molecule has 0 spiro atoms. The lowest BCUT2D eigenvalue weighted by Crippen LogP contribution is -2.07. The Labute approximate surface area is 126 Å². The summed E-state index contributed by atoms with van der Waals surface area (Å²) >= 11 is 3.36. The highest BCUT2D eigenvalue weighted by atomic mass is 79.9. The van der Waals surface area contributed by atoms with Gasteiger partial charge in [0, 0.05) is 11.8 Å². The fraction of sp³-hybridized carbons (Fsp3) is 0.400. The third-order valence-electron chi connectivity index (χ3n) is 2.83. The van der Waals surface area contributed by atoms with Crippen molar-refractivity contribution in [1.82, 2.24) is 9.78 Å². The van der Waals surface area contributed by atoms with Crippen molar-refractivity contribution in [3.05, 3.63) is 40.4 Å². The minimum atomic E-state index is -0.311. The van der Waals surface area contributed by atoms with Crippen LogP contribution in [-0.2, 0) is 6.42 Å². The van der Waals surface area contributed by atoms with Gasteiger partial charge in [-0.05, 0) is 53.4 Å². The summed E-state index contributed by atoms with van der Waals surface area (Å²) in [7, 11) is 0. The molecule has 0 fully saturated rings. The highest BCUT2D eigenvalue weighted by molar-refractivity contribution is 9.10. The molecule has 0 saturated carbocycles. The first-order chi connectivity index (χ1) is 9.51. The lowest BCUT2D eigenvalue weighted by Gasteiger charge is -2.12. The Balaban J connectivity index is 2.47. The van der Waals surface area contributed by atoms with E-state index in [0.29, 0.717) is 28.6 Å². The number of halogens is 2. The number of hydrogen-bond donors (Lipinski definition) is 0. The molecule has 0 radical (unpaired) electrons. The summed E-state index contributed by atoms with van der Waals surface area (Å²) in [5.41, 5.74) is 1.39. The van der Waals surface area contributed by atoms with E-state index in [2.05, 4.69) is 34.9 Å². The van der Waals surface area contributed by atoms with Crippen LogP contribution in [0.4, 0.5) is 4.39 Å². The summed E-state index contributed by atoms with van der Waals surface area (Å²) in [5.74, 6) is 0.801. The zero-order chi connectivity index (χ0) is 14.7. The quantitative estimate of drug-likeness (QED) is 0.807. The molecule has 108 valence electrons. The van der Waals surface area contributed by atoms with Gasteiger partial charge < -0.3 is 4.74 Å². The van der Waals surface area contributed by atoms with Crippen molar-refractivity contribution in [2.75, 3.05) is 6.61 Å². The SMILES string of the molecule is CCOc1ccc(F)c(-n2nc(Br)cc2CC(C)C)c1. The molecule has 2 aromatic rings. The van der Waals surface area contributed by atoms with E-state index < -0.39 is 0 Å². The second kappa shape index (κ2) is 6.39. The predicted octanol–water partition coefficient (Wildman–Crippen LogP) is 4.37. The highest BCUT2D eigenvalue weighted by Crippen LogP contribution is 2.24. The fourth-order valence-electron chi connectivity index (χ4n) is 2.07. The molecule has 3 nitrogen and oxygen atoms in total. The van der Waals surface area contributed by atoms with Crippen LogP contribution in [0.2, 0.25) is 0 Å². The largest absolute Gasteiger partial charge is 0.494 e. The van der Waals surface area contributed by atoms with Crippen molar-refractivity contribution in [3.63, 3.8) is 0 Å². The Hall–Kier alpha value is -1.36. The van der Waals surface area contributed by atoms with E-state index >= 15 is 0 Å². The average molecular weight is 341 g/mol. The van der Waals surface area contributed by atoms with Crippen molar-refractivity contribution in [2.24, 2.45) is 5.92 Å². The summed E-state index contributed by atoms with van der Waals surface area (Å²) < 4.78 is 21.9. The van der Waals surface area contributed by atoms with E-state index in [0.717, 1.165) is 12.1 Å². The van der Waals surface area contributed by atoms with Crippen LogP contribution in [0.25, 0.3) is 5.69 Å². The first kappa shape index (κ1) is 15.0. The van der Waals surface area contributed by atoms with Gasteiger partial charge in [-0.2, -0.15) is 5.10 Å². The van der Waals surface area contributed by atoms with Gasteiger partial charge in [0.2, 0.25) is 0 Å². The Morgan fingerprint density at radius 2 is 2.10 bits per heavy atom. The third kappa shape index (κ3) is 3.39. The van der Waals surface area contributed by atoms with Crippen LogP contribution in [0.5, 0.6) is 5.75 Å². The van der Waals surface area contributed by atoms with Crippen LogP contribution in [0, 0.1) is 11.7 Å². The van der Waals surface area contributed by atoms with Gasteiger partial charge in [-0.3, -0.25) is 0 Å². The molecule has 0 atom stereocenters. The van der Waals surface area contributed by atoms with E-state index in [1.54, 1.807) is 16.8 Å².